The van der Waals surface area contributed by atoms with Gasteiger partial charge in [0.15, 0.2) is 11.5 Å². The molecule has 0 aromatic heterocycles. The smallest absolute Gasteiger partial charge is 0.161 e. The number of unbranched alkanes of at least 4 members (excludes halogenated alkanes) is 1. The highest BCUT2D eigenvalue weighted by atomic mass is 16.5. The minimum atomic E-state index is 0.560. The van der Waals surface area contributed by atoms with Gasteiger partial charge in [0.25, 0.3) is 0 Å². The van der Waals surface area contributed by atoms with Crippen molar-refractivity contribution in [3.8, 4) is 11.5 Å². The summed E-state index contributed by atoms with van der Waals surface area (Å²) in [5.41, 5.74) is 2.41. The van der Waals surface area contributed by atoms with Crippen LogP contribution >= 0.6 is 0 Å². The van der Waals surface area contributed by atoms with Gasteiger partial charge in [0.05, 0.1) is 6.61 Å². The molecule has 2 aromatic carbocycles. The van der Waals surface area contributed by atoms with E-state index in [1.165, 1.54) is 18.4 Å². The Morgan fingerprint density at radius 3 is 2.54 bits per heavy atom. The Morgan fingerprint density at radius 1 is 0.958 bits per heavy atom. The summed E-state index contributed by atoms with van der Waals surface area (Å²) in [4.78, 5) is 0. The molecule has 0 heterocycles. The highest BCUT2D eigenvalue weighted by Crippen LogP contribution is 2.30. The van der Waals surface area contributed by atoms with Crippen LogP contribution in [-0.2, 0) is 13.2 Å². The Balaban J connectivity index is 1.65. The van der Waals surface area contributed by atoms with Crippen LogP contribution in [-0.4, -0.2) is 12.6 Å². The Bertz CT molecular complexity index is 623. The number of ether oxygens (including phenoxy) is 2. The van der Waals surface area contributed by atoms with E-state index in [1.807, 2.05) is 24.3 Å². The Morgan fingerprint density at radius 2 is 1.79 bits per heavy atom. The lowest BCUT2D eigenvalue weighted by molar-refractivity contribution is 0.258. The van der Waals surface area contributed by atoms with Gasteiger partial charge in [-0.05, 0) is 42.5 Å². The monoisotopic (exact) mass is 325 g/mol. The van der Waals surface area contributed by atoms with Gasteiger partial charge in [-0.25, -0.2) is 0 Å². The first kappa shape index (κ1) is 16.8. The Labute approximate surface area is 145 Å². The van der Waals surface area contributed by atoms with Crippen molar-refractivity contribution in [3.05, 3.63) is 59.7 Å². The third kappa shape index (κ3) is 5.27. The predicted molar refractivity (Wildman–Crippen MR) is 97.5 cm³/mol. The van der Waals surface area contributed by atoms with Crippen molar-refractivity contribution in [1.82, 2.24) is 5.32 Å². The van der Waals surface area contributed by atoms with E-state index in [0.717, 1.165) is 43.1 Å². The fourth-order valence-corrected chi connectivity index (χ4v) is 2.51. The summed E-state index contributed by atoms with van der Waals surface area (Å²) >= 11 is 0. The number of benzene rings is 2. The van der Waals surface area contributed by atoms with Crippen LogP contribution in [0.2, 0.25) is 0 Å². The van der Waals surface area contributed by atoms with Crippen LogP contribution in [0.3, 0.4) is 0 Å². The van der Waals surface area contributed by atoms with Crippen LogP contribution in [0.5, 0.6) is 11.5 Å². The fourth-order valence-electron chi connectivity index (χ4n) is 2.51. The molecule has 2 aromatic rings. The van der Waals surface area contributed by atoms with Gasteiger partial charge in [-0.1, -0.05) is 49.7 Å². The van der Waals surface area contributed by atoms with Crippen molar-refractivity contribution < 1.29 is 9.47 Å². The third-order valence-corrected chi connectivity index (χ3v) is 4.17. The molecular formula is C21H27NO2. The summed E-state index contributed by atoms with van der Waals surface area (Å²) in [6.45, 7) is 4.36. The largest absolute Gasteiger partial charge is 0.490 e. The first-order chi connectivity index (χ1) is 11.8. The number of nitrogens with one attached hydrogen (secondary N) is 1. The van der Waals surface area contributed by atoms with E-state index < -0.39 is 0 Å². The van der Waals surface area contributed by atoms with Crippen LogP contribution < -0.4 is 14.8 Å². The lowest BCUT2D eigenvalue weighted by Crippen LogP contribution is -2.15. The maximum Gasteiger partial charge on any atom is 0.161 e. The molecule has 24 heavy (non-hydrogen) atoms. The summed E-state index contributed by atoms with van der Waals surface area (Å²) in [5, 5.41) is 3.55. The lowest BCUT2D eigenvalue weighted by atomic mass is 10.2. The fraction of sp³-hybridized carbons (Fsp3) is 0.429. The number of hydrogen-bond acceptors (Lipinski definition) is 3. The van der Waals surface area contributed by atoms with Crippen molar-refractivity contribution in [2.75, 3.05) is 6.61 Å². The van der Waals surface area contributed by atoms with E-state index >= 15 is 0 Å². The van der Waals surface area contributed by atoms with Gasteiger partial charge < -0.3 is 14.8 Å². The first-order valence-electron chi connectivity index (χ1n) is 9.01. The van der Waals surface area contributed by atoms with Gasteiger partial charge in [0.1, 0.15) is 6.61 Å². The predicted octanol–water partition coefficient (Wildman–Crippen LogP) is 4.70. The lowest BCUT2D eigenvalue weighted by Gasteiger charge is -2.14. The SMILES string of the molecule is CCCCOc1cc(CNC2CC2)ccc1OCc1ccccc1. The van der Waals surface area contributed by atoms with Gasteiger partial charge in [0.2, 0.25) is 0 Å². The molecular weight excluding hydrogens is 298 g/mol. The standard InChI is InChI=1S/C21H27NO2/c1-2-3-13-23-21-14-18(15-22-19-10-11-19)9-12-20(21)24-16-17-7-5-4-6-8-17/h4-9,12,14,19,22H,2-3,10-11,13,15-16H2,1H3. The average molecular weight is 325 g/mol. The second-order valence-electron chi connectivity index (χ2n) is 6.41. The summed E-state index contributed by atoms with van der Waals surface area (Å²) in [5.74, 6) is 1.68. The Hall–Kier alpha value is -2.00. The van der Waals surface area contributed by atoms with E-state index in [9.17, 15) is 0 Å². The molecule has 0 amide bonds. The molecule has 1 N–H and O–H groups in total. The normalized spacial score (nSPS) is 13.7. The highest BCUT2D eigenvalue weighted by molar-refractivity contribution is 5.43. The molecule has 3 rings (SSSR count). The van der Waals surface area contributed by atoms with Crippen molar-refractivity contribution in [1.29, 1.82) is 0 Å². The van der Waals surface area contributed by atoms with Gasteiger partial charge in [-0.15, -0.1) is 0 Å². The van der Waals surface area contributed by atoms with E-state index in [4.69, 9.17) is 9.47 Å². The zero-order valence-electron chi connectivity index (χ0n) is 14.5. The summed E-state index contributed by atoms with van der Waals surface area (Å²) in [6, 6.07) is 17.2. The molecule has 0 spiro atoms. The van der Waals surface area contributed by atoms with E-state index in [-0.39, 0.29) is 0 Å². The summed E-state index contributed by atoms with van der Waals surface area (Å²) in [6.07, 6.45) is 4.79. The Kier molecular flexibility index (Phi) is 6.13. The van der Waals surface area contributed by atoms with Crippen molar-refractivity contribution in [2.45, 2.75) is 51.8 Å². The van der Waals surface area contributed by atoms with Gasteiger partial charge >= 0.3 is 0 Å². The molecule has 0 aliphatic heterocycles. The second-order valence-corrected chi connectivity index (χ2v) is 6.41. The average Bonchev–Trinajstić information content (AvgIpc) is 3.45. The van der Waals surface area contributed by atoms with Crippen molar-refractivity contribution in [2.24, 2.45) is 0 Å². The van der Waals surface area contributed by atoms with Crippen LogP contribution in [0.15, 0.2) is 48.5 Å². The maximum atomic E-state index is 6.00. The molecule has 1 fully saturated rings. The van der Waals surface area contributed by atoms with E-state index in [1.54, 1.807) is 0 Å². The molecule has 0 saturated heterocycles. The van der Waals surface area contributed by atoms with E-state index in [2.05, 4.69) is 36.5 Å². The minimum Gasteiger partial charge on any atom is -0.490 e. The molecule has 3 nitrogen and oxygen atoms in total. The number of hydrogen-bond donors (Lipinski definition) is 1. The summed E-state index contributed by atoms with van der Waals surface area (Å²) in [7, 11) is 0. The van der Waals surface area contributed by atoms with Crippen LogP contribution in [0, 0.1) is 0 Å². The zero-order chi connectivity index (χ0) is 16.6. The minimum absolute atomic E-state index is 0.560. The molecule has 1 aliphatic rings. The van der Waals surface area contributed by atoms with Crippen molar-refractivity contribution >= 4 is 0 Å². The van der Waals surface area contributed by atoms with Crippen LogP contribution in [0.4, 0.5) is 0 Å². The third-order valence-electron chi connectivity index (χ3n) is 4.17. The highest BCUT2D eigenvalue weighted by Gasteiger charge is 2.20. The van der Waals surface area contributed by atoms with Crippen LogP contribution in [0.25, 0.3) is 0 Å². The number of rotatable bonds is 10. The zero-order valence-corrected chi connectivity index (χ0v) is 14.5. The molecule has 0 radical (unpaired) electrons. The molecule has 0 unspecified atom stereocenters. The van der Waals surface area contributed by atoms with Gasteiger partial charge in [-0.3, -0.25) is 0 Å². The molecule has 1 aliphatic carbocycles. The first-order valence-corrected chi connectivity index (χ1v) is 9.01. The second kappa shape index (κ2) is 8.74. The van der Waals surface area contributed by atoms with Gasteiger partial charge in [-0.2, -0.15) is 0 Å². The molecule has 0 atom stereocenters. The summed E-state index contributed by atoms with van der Waals surface area (Å²) < 4.78 is 12.0. The molecule has 1 saturated carbocycles. The molecule has 128 valence electrons. The topological polar surface area (TPSA) is 30.5 Å². The quantitative estimate of drug-likeness (QED) is 0.643. The van der Waals surface area contributed by atoms with Crippen LogP contribution in [0.1, 0.15) is 43.7 Å². The van der Waals surface area contributed by atoms with Gasteiger partial charge in [0, 0.05) is 12.6 Å². The van der Waals surface area contributed by atoms with E-state index in [0.29, 0.717) is 12.6 Å². The molecule has 3 heteroatoms. The van der Waals surface area contributed by atoms with Crippen molar-refractivity contribution in [3.63, 3.8) is 0 Å². The molecule has 0 bridgehead atoms. The maximum absolute atomic E-state index is 6.00.